The predicted octanol–water partition coefficient (Wildman–Crippen LogP) is 2.97. The number of ether oxygens (including phenoxy) is 1. The highest BCUT2D eigenvalue weighted by atomic mass is 32.2. The van der Waals surface area contributed by atoms with Gasteiger partial charge in [-0.15, -0.1) is 0 Å². The van der Waals surface area contributed by atoms with E-state index in [2.05, 4.69) is 5.32 Å². The first-order valence-electron chi connectivity index (χ1n) is 8.97. The number of carbonyl (C=O) groups excluding carboxylic acids is 1. The normalized spacial score (nSPS) is 16.1. The van der Waals surface area contributed by atoms with Crippen molar-refractivity contribution in [1.29, 1.82) is 0 Å². The van der Waals surface area contributed by atoms with Crippen molar-refractivity contribution in [3.63, 3.8) is 0 Å². The van der Waals surface area contributed by atoms with Crippen molar-refractivity contribution in [2.45, 2.75) is 30.7 Å². The first kappa shape index (κ1) is 19.4. The molecule has 0 aliphatic carbocycles. The Morgan fingerprint density at radius 2 is 1.70 bits per heavy atom. The Kier molecular flexibility index (Phi) is 5.82. The molecule has 1 N–H and O–H groups in total. The van der Waals surface area contributed by atoms with E-state index in [1.54, 1.807) is 19.2 Å². The lowest BCUT2D eigenvalue weighted by Gasteiger charge is -2.18. The Balaban J connectivity index is 1.72. The molecule has 1 aliphatic rings. The van der Waals surface area contributed by atoms with Crippen LogP contribution in [-0.2, 0) is 10.0 Å². The topological polar surface area (TPSA) is 75.7 Å². The van der Waals surface area contributed by atoms with Crippen LogP contribution in [0.1, 0.15) is 41.7 Å². The van der Waals surface area contributed by atoms with Gasteiger partial charge in [-0.25, -0.2) is 8.42 Å². The number of nitrogens with one attached hydrogen (secondary N) is 1. The Labute approximate surface area is 160 Å². The summed E-state index contributed by atoms with van der Waals surface area (Å²) < 4.78 is 31.9. The maximum atomic E-state index is 12.6. The smallest absolute Gasteiger partial charge is 0.251 e. The third kappa shape index (κ3) is 4.14. The molecule has 1 aliphatic heterocycles. The van der Waals surface area contributed by atoms with E-state index < -0.39 is 10.0 Å². The minimum atomic E-state index is -3.47. The van der Waals surface area contributed by atoms with Gasteiger partial charge in [0.2, 0.25) is 10.0 Å². The van der Waals surface area contributed by atoms with E-state index in [0.29, 0.717) is 24.4 Å². The molecule has 0 aromatic heterocycles. The largest absolute Gasteiger partial charge is 0.496 e. The summed E-state index contributed by atoms with van der Waals surface area (Å²) in [4.78, 5) is 12.8. The van der Waals surface area contributed by atoms with Gasteiger partial charge in [-0.2, -0.15) is 4.31 Å². The Hall–Kier alpha value is -2.38. The van der Waals surface area contributed by atoms with E-state index in [-0.39, 0.29) is 16.8 Å². The zero-order chi connectivity index (χ0) is 19.4. The number of carbonyl (C=O) groups is 1. The van der Waals surface area contributed by atoms with Crippen LogP contribution in [0, 0.1) is 0 Å². The summed E-state index contributed by atoms with van der Waals surface area (Å²) in [6.07, 6.45) is 1.78. The van der Waals surface area contributed by atoms with Gasteiger partial charge in [0.05, 0.1) is 18.0 Å². The van der Waals surface area contributed by atoms with Crippen molar-refractivity contribution in [3.05, 3.63) is 59.7 Å². The van der Waals surface area contributed by atoms with Crippen LogP contribution >= 0.6 is 0 Å². The Morgan fingerprint density at radius 1 is 1.07 bits per heavy atom. The standard InChI is InChI=1S/C20H24N2O4S/c1-15(18-7-3-4-8-19(18)26-2)21-20(23)16-9-11-17(12-10-16)27(24,25)22-13-5-6-14-22/h3-4,7-12,15H,5-6,13-14H2,1-2H3,(H,21,23)/t15-/m0/s1. The maximum Gasteiger partial charge on any atom is 0.251 e. The number of nitrogens with zero attached hydrogens (tertiary/aromatic N) is 1. The second kappa shape index (κ2) is 8.10. The summed E-state index contributed by atoms with van der Waals surface area (Å²) in [5.41, 5.74) is 1.29. The molecule has 1 amide bonds. The van der Waals surface area contributed by atoms with Crippen molar-refractivity contribution in [1.82, 2.24) is 9.62 Å². The molecule has 3 rings (SSSR count). The summed E-state index contributed by atoms with van der Waals surface area (Å²) >= 11 is 0. The number of rotatable bonds is 6. The second-order valence-corrected chi connectivity index (χ2v) is 8.51. The highest BCUT2D eigenvalue weighted by Crippen LogP contribution is 2.25. The quantitative estimate of drug-likeness (QED) is 0.825. The van der Waals surface area contributed by atoms with Crippen LogP contribution in [0.2, 0.25) is 0 Å². The van der Waals surface area contributed by atoms with E-state index in [1.807, 2.05) is 31.2 Å². The number of hydrogen-bond acceptors (Lipinski definition) is 4. The van der Waals surface area contributed by atoms with Crippen LogP contribution in [0.15, 0.2) is 53.4 Å². The summed E-state index contributed by atoms with van der Waals surface area (Å²) in [5.74, 6) is 0.441. The van der Waals surface area contributed by atoms with E-state index in [4.69, 9.17) is 4.74 Å². The van der Waals surface area contributed by atoms with Crippen LogP contribution in [0.4, 0.5) is 0 Å². The SMILES string of the molecule is COc1ccccc1[C@H](C)NC(=O)c1ccc(S(=O)(=O)N2CCCC2)cc1. The van der Waals surface area contributed by atoms with Gasteiger partial charge in [0.1, 0.15) is 5.75 Å². The molecule has 1 heterocycles. The van der Waals surface area contributed by atoms with E-state index >= 15 is 0 Å². The second-order valence-electron chi connectivity index (χ2n) is 6.57. The fourth-order valence-electron chi connectivity index (χ4n) is 3.24. The molecule has 1 saturated heterocycles. The lowest BCUT2D eigenvalue weighted by molar-refractivity contribution is 0.0939. The molecule has 0 radical (unpaired) electrons. The summed E-state index contributed by atoms with van der Waals surface area (Å²) in [5, 5.41) is 2.92. The highest BCUT2D eigenvalue weighted by molar-refractivity contribution is 7.89. The third-order valence-corrected chi connectivity index (χ3v) is 6.69. The fourth-order valence-corrected chi connectivity index (χ4v) is 4.75. The van der Waals surface area contributed by atoms with Crippen molar-refractivity contribution >= 4 is 15.9 Å². The van der Waals surface area contributed by atoms with Crippen LogP contribution in [0.25, 0.3) is 0 Å². The summed E-state index contributed by atoms with van der Waals surface area (Å²) in [6.45, 7) is 2.99. The van der Waals surface area contributed by atoms with Crippen LogP contribution in [0.5, 0.6) is 5.75 Å². The molecule has 7 heteroatoms. The molecule has 6 nitrogen and oxygen atoms in total. The lowest BCUT2D eigenvalue weighted by atomic mass is 10.1. The number of benzene rings is 2. The van der Waals surface area contributed by atoms with Crippen molar-refractivity contribution in [2.24, 2.45) is 0 Å². The summed E-state index contributed by atoms with van der Waals surface area (Å²) in [6, 6.07) is 13.3. The van der Waals surface area contributed by atoms with Gasteiger partial charge in [0, 0.05) is 24.2 Å². The molecule has 0 bridgehead atoms. The van der Waals surface area contributed by atoms with Gasteiger partial charge in [-0.05, 0) is 50.1 Å². The first-order chi connectivity index (χ1) is 12.9. The molecule has 1 fully saturated rings. The van der Waals surface area contributed by atoms with Crippen LogP contribution in [0.3, 0.4) is 0 Å². The molecule has 144 valence electrons. The molecule has 0 spiro atoms. The minimum absolute atomic E-state index is 0.221. The lowest BCUT2D eigenvalue weighted by Crippen LogP contribution is -2.28. The fraction of sp³-hybridized carbons (Fsp3) is 0.350. The van der Waals surface area contributed by atoms with E-state index in [0.717, 1.165) is 18.4 Å². The van der Waals surface area contributed by atoms with Gasteiger partial charge >= 0.3 is 0 Å². The van der Waals surface area contributed by atoms with Crippen LogP contribution < -0.4 is 10.1 Å². The van der Waals surface area contributed by atoms with Crippen molar-refractivity contribution < 1.29 is 17.9 Å². The average molecular weight is 388 g/mol. The van der Waals surface area contributed by atoms with Crippen LogP contribution in [-0.4, -0.2) is 38.8 Å². The van der Waals surface area contributed by atoms with Crippen molar-refractivity contribution in [2.75, 3.05) is 20.2 Å². The molecule has 0 unspecified atom stereocenters. The zero-order valence-electron chi connectivity index (χ0n) is 15.5. The van der Waals surface area contributed by atoms with Gasteiger partial charge < -0.3 is 10.1 Å². The Morgan fingerprint density at radius 3 is 2.33 bits per heavy atom. The number of para-hydroxylation sites is 1. The number of sulfonamides is 1. The van der Waals surface area contributed by atoms with Gasteiger partial charge in [0.15, 0.2) is 0 Å². The monoisotopic (exact) mass is 388 g/mol. The number of amides is 1. The molecular formula is C20H24N2O4S. The maximum absolute atomic E-state index is 12.6. The predicted molar refractivity (Wildman–Crippen MR) is 103 cm³/mol. The van der Waals surface area contributed by atoms with Crippen molar-refractivity contribution in [3.8, 4) is 5.75 Å². The highest BCUT2D eigenvalue weighted by Gasteiger charge is 2.27. The van der Waals surface area contributed by atoms with Gasteiger partial charge in [0.25, 0.3) is 5.91 Å². The van der Waals surface area contributed by atoms with Gasteiger partial charge in [-0.3, -0.25) is 4.79 Å². The Bertz CT molecular complexity index is 904. The first-order valence-corrected chi connectivity index (χ1v) is 10.4. The van der Waals surface area contributed by atoms with Gasteiger partial charge in [-0.1, -0.05) is 18.2 Å². The molecule has 2 aromatic carbocycles. The molecule has 2 aromatic rings. The number of hydrogen-bond donors (Lipinski definition) is 1. The summed E-state index contributed by atoms with van der Waals surface area (Å²) in [7, 11) is -1.88. The zero-order valence-corrected chi connectivity index (χ0v) is 16.3. The molecule has 0 saturated carbocycles. The van der Waals surface area contributed by atoms with E-state index in [1.165, 1.54) is 16.4 Å². The molecule has 27 heavy (non-hydrogen) atoms. The third-order valence-electron chi connectivity index (χ3n) is 4.77. The number of methoxy groups -OCH3 is 1. The molecular weight excluding hydrogens is 364 g/mol. The molecule has 1 atom stereocenters. The average Bonchev–Trinajstić information content (AvgIpc) is 3.23. The van der Waals surface area contributed by atoms with E-state index in [9.17, 15) is 13.2 Å². The minimum Gasteiger partial charge on any atom is -0.496 e.